The van der Waals surface area contributed by atoms with Gasteiger partial charge in [0.15, 0.2) is 5.13 Å². The normalized spacial score (nSPS) is 16.7. The predicted octanol–water partition coefficient (Wildman–Crippen LogP) is 2.97. The lowest BCUT2D eigenvalue weighted by molar-refractivity contribution is -0.122. The molecule has 2 aromatic rings. The first-order valence-electron chi connectivity index (χ1n) is 6.49. The Bertz CT molecular complexity index is 603. The molecule has 1 saturated heterocycles. The van der Waals surface area contributed by atoms with E-state index < -0.39 is 0 Å². The van der Waals surface area contributed by atoms with Crippen LogP contribution in [0.25, 0.3) is 10.2 Å². The number of hydrogen-bond acceptors (Lipinski definition) is 4. The summed E-state index contributed by atoms with van der Waals surface area (Å²) in [5.74, 6) is 0.127. The first-order chi connectivity index (χ1) is 9.24. The molecule has 1 N–H and O–H groups in total. The van der Waals surface area contributed by atoms with Crippen molar-refractivity contribution in [2.24, 2.45) is 5.92 Å². The average Bonchev–Trinajstić information content (AvgIpc) is 2.84. The highest BCUT2D eigenvalue weighted by Crippen LogP contribution is 2.28. The maximum Gasteiger partial charge on any atom is 0.229 e. The molecule has 0 aliphatic carbocycles. The molecule has 1 fully saturated rings. The summed E-state index contributed by atoms with van der Waals surface area (Å²) >= 11 is 1.53. The minimum absolute atomic E-state index is 0.0573. The lowest BCUT2D eigenvalue weighted by Crippen LogP contribution is -2.28. The Morgan fingerprint density at radius 1 is 1.42 bits per heavy atom. The van der Waals surface area contributed by atoms with Gasteiger partial charge in [-0.15, -0.1) is 0 Å². The highest BCUT2D eigenvalue weighted by Gasteiger charge is 2.22. The number of hydrogen-bond donors (Lipinski definition) is 1. The van der Waals surface area contributed by atoms with Crippen LogP contribution >= 0.6 is 11.3 Å². The molecule has 0 atom stereocenters. The highest BCUT2D eigenvalue weighted by atomic mass is 32.1. The monoisotopic (exact) mass is 276 g/mol. The van der Waals surface area contributed by atoms with Gasteiger partial charge in [0.2, 0.25) is 5.91 Å². The number of aryl methyl sites for hydroxylation is 1. The smallest absolute Gasteiger partial charge is 0.229 e. The summed E-state index contributed by atoms with van der Waals surface area (Å²) < 4.78 is 6.38. The summed E-state index contributed by atoms with van der Waals surface area (Å²) in [4.78, 5) is 16.6. The number of para-hydroxylation sites is 1. The average molecular weight is 276 g/mol. The summed E-state index contributed by atoms with van der Waals surface area (Å²) in [7, 11) is 0. The first kappa shape index (κ1) is 12.6. The zero-order chi connectivity index (χ0) is 13.2. The Hall–Kier alpha value is -1.46. The number of benzene rings is 1. The van der Waals surface area contributed by atoms with E-state index in [4.69, 9.17) is 4.74 Å². The molecule has 2 heterocycles. The molecule has 1 aromatic carbocycles. The topological polar surface area (TPSA) is 51.2 Å². The minimum Gasteiger partial charge on any atom is -0.381 e. The molecule has 1 amide bonds. The van der Waals surface area contributed by atoms with E-state index in [9.17, 15) is 4.79 Å². The standard InChI is InChI=1S/C14H16N2O2S/c1-9-3-2-4-11-12(9)15-14(19-11)16-13(17)10-5-7-18-8-6-10/h2-4,10H,5-8H2,1H3,(H,15,16,17). The number of ether oxygens (including phenoxy) is 1. The van der Waals surface area contributed by atoms with Gasteiger partial charge in [-0.3, -0.25) is 4.79 Å². The molecule has 1 aromatic heterocycles. The first-order valence-corrected chi connectivity index (χ1v) is 7.30. The number of anilines is 1. The van der Waals surface area contributed by atoms with Crippen molar-refractivity contribution in [1.82, 2.24) is 4.98 Å². The summed E-state index contributed by atoms with van der Waals surface area (Å²) in [6, 6.07) is 6.08. The fourth-order valence-corrected chi connectivity index (χ4v) is 3.25. The molecule has 0 spiro atoms. The molecule has 100 valence electrons. The Morgan fingerprint density at radius 3 is 2.95 bits per heavy atom. The van der Waals surface area contributed by atoms with Gasteiger partial charge in [0, 0.05) is 19.1 Å². The van der Waals surface area contributed by atoms with E-state index in [-0.39, 0.29) is 11.8 Å². The van der Waals surface area contributed by atoms with Crippen molar-refractivity contribution in [3.05, 3.63) is 23.8 Å². The number of nitrogens with one attached hydrogen (secondary N) is 1. The van der Waals surface area contributed by atoms with E-state index in [0.717, 1.165) is 28.6 Å². The van der Waals surface area contributed by atoms with Gasteiger partial charge in [-0.05, 0) is 31.4 Å². The second-order valence-corrected chi connectivity index (χ2v) is 5.85. The second-order valence-electron chi connectivity index (χ2n) is 4.82. The van der Waals surface area contributed by atoms with Crippen LogP contribution in [0.4, 0.5) is 5.13 Å². The molecule has 1 aliphatic rings. The molecule has 0 bridgehead atoms. The number of rotatable bonds is 2. The van der Waals surface area contributed by atoms with Crippen molar-refractivity contribution in [2.75, 3.05) is 18.5 Å². The molecule has 5 heteroatoms. The third kappa shape index (κ3) is 2.62. The van der Waals surface area contributed by atoms with E-state index in [1.807, 2.05) is 25.1 Å². The maximum absolute atomic E-state index is 12.1. The van der Waals surface area contributed by atoms with Gasteiger partial charge >= 0.3 is 0 Å². The van der Waals surface area contributed by atoms with Gasteiger partial charge in [0.1, 0.15) is 0 Å². The number of carbonyl (C=O) groups is 1. The lowest BCUT2D eigenvalue weighted by Gasteiger charge is -2.20. The highest BCUT2D eigenvalue weighted by molar-refractivity contribution is 7.22. The zero-order valence-electron chi connectivity index (χ0n) is 10.8. The summed E-state index contributed by atoms with van der Waals surface area (Å²) in [5, 5.41) is 3.64. The Labute approximate surface area is 115 Å². The van der Waals surface area contributed by atoms with Crippen LogP contribution in [0.3, 0.4) is 0 Å². The van der Waals surface area contributed by atoms with Gasteiger partial charge in [0.25, 0.3) is 0 Å². The van der Waals surface area contributed by atoms with Crippen LogP contribution in [0, 0.1) is 12.8 Å². The van der Waals surface area contributed by atoms with Gasteiger partial charge in [-0.1, -0.05) is 23.5 Å². The lowest BCUT2D eigenvalue weighted by atomic mass is 10.00. The van der Waals surface area contributed by atoms with Crippen molar-refractivity contribution in [2.45, 2.75) is 19.8 Å². The van der Waals surface area contributed by atoms with Crippen LogP contribution in [0.15, 0.2) is 18.2 Å². The van der Waals surface area contributed by atoms with E-state index in [0.29, 0.717) is 18.3 Å². The van der Waals surface area contributed by atoms with Crippen molar-refractivity contribution in [1.29, 1.82) is 0 Å². The molecule has 3 rings (SSSR count). The van der Waals surface area contributed by atoms with Gasteiger partial charge in [-0.2, -0.15) is 0 Å². The van der Waals surface area contributed by atoms with Crippen molar-refractivity contribution >= 4 is 32.6 Å². The van der Waals surface area contributed by atoms with Crippen LogP contribution in [-0.4, -0.2) is 24.1 Å². The number of fused-ring (bicyclic) bond motifs is 1. The number of thiazole rings is 1. The summed E-state index contributed by atoms with van der Waals surface area (Å²) in [6.45, 7) is 3.39. The number of aromatic nitrogens is 1. The van der Waals surface area contributed by atoms with Crippen molar-refractivity contribution in [3.8, 4) is 0 Å². The zero-order valence-corrected chi connectivity index (χ0v) is 11.6. The van der Waals surface area contributed by atoms with Crippen LogP contribution in [0.5, 0.6) is 0 Å². The van der Waals surface area contributed by atoms with Crippen LogP contribution in [0.1, 0.15) is 18.4 Å². The molecule has 1 aliphatic heterocycles. The van der Waals surface area contributed by atoms with Gasteiger partial charge in [-0.25, -0.2) is 4.98 Å². The number of amides is 1. The quantitative estimate of drug-likeness (QED) is 0.917. The van der Waals surface area contributed by atoms with E-state index in [1.165, 1.54) is 11.3 Å². The largest absolute Gasteiger partial charge is 0.381 e. The molecular weight excluding hydrogens is 260 g/mol. The molecule has 0 radical (unpaired) electrons. The molecule has 19 heavy (non-hydrogen) atoms. The second kappa shape index (κ2) is 5.27. The Balaban J connectivity index is 1.77. The van der Waals surface area contributed by atoms with Crippen LogP contribution in [0.2, 0.25) is 0 Å². The van der Waals surface area contributed by atoms with Gasteiger partial charge in [0.05, 0.1) is 10.2 Å². The molecular formula is C14H16N2O2S. The Morgan fingerprint density at radius 2 is 2.21 bits per heavy atom. The number of nitrogens with zero attached hydrogens (tertiary/aromatic N) is 1. The SMILES string of the molecule is Cc1cccc2sc(NC(=O)C3CCOCC3)nc12. The van der Waals surface area contributed by atoms with Gasteiger partial charge < -0.3 is 10.1 Å². The molecule has 0 saturated carbocycles. The van der Waals surface area contributed by atoms with E-state index in [2.05, 4.69) is 10.3 Å². The van der Waals surface area contributed by atoms with Crippen molar-refractivity contribution in [3.63, 3.8) is 0 Å². The Kier molecular flexibility index (Phi) is 3.48. The maximum atomic E-state index is 12.1. The number of carbonyl (C=O) groups excluding carboxylic acids is 1. The predicted molar refractivity (Wildman–Crippen MR) is 76.5 cm³/mol. The molecule has 0 unspecified atom stereocenters. The fourth-order valence-electron chi connectivity index (χ4n) is 2.31. The summed E-state index contributed by atoms with van der Waals surface area (Å²) in [6.07, 6.45) is 1.60. The summed E-state index contributed by atoms with van der Waals surface area (Å²) in [5.41, 5.74) is 2.12. The fraction of sp³-hybridized carbons (Fsp3) is 0.429. The van der Waals surface area contributed by atoms with Crippen LogP contribution < -0.4 is 5.32 Å². The van der Waals surface area contributed by atoms with Crippen LogP contribution in [-0.2, 0) is 9.53 Å². The van der Waals surface area contributed by atoms with Crippen molar-refractivity contribution < 1.29 is 9.53 Å². The minimum atomic E-state index is 0.0573. The van der Waals surface area contributed by atoms with E-state index >= 15 is 0 Å². The van der Waals surface area contributed by atoms with E-state index in [1.54, 1.807) is 0 Å². The third-order valence-electron chi connectivity index (χ3n) is 3.44. The molecule has 4 nitrogen and oxygen atoms in total. The third-order valence-corrected chi connectivity index (χ3v) is 4.38.